The molecule has 0 unspecified atom stereocenters. The van der Waals surface area contributed by atoms with Crippen molar-refractivity contribution in [3.05, 3.63) is 35.4 Å². The van der Waals surface area contributed by atoms with Gasteiger partial charge in [0.05, 0.1) is 5.92 Å². The summed E-state index contributed by atoms with van der Waals surface area (Å²) in [6.07, 6.45) is 0. The van der Waals surface area contributed by atoms with Crippen LogP contribution >= 0.6 is 0 Å². The Labute approximate surface area is 131 Å². The number of hydrogen-bond acceptors (Lipinski definition) is 4. The van der Waals surface area contributed by atoms with Crippen molar-refractivity contribution in [1.82, 2.24) is 20.9 Å². The van der Waals surface area contributed by atoms with Crippen LogP contribution in [-0.2, 0) is 11.3 Å². The lowest BCUT2D eigenvalue weighted by atomic mass is 10.0. The van der Waals surface area contributed by atoms with E-state index in [1.54, 1.807) is 6.07 Å². The van der Waals surface area contributed by atoms with Crippen LogP contribution in [0.2, 0.25) is 0 Å². The van der Waals surface area contributed by atoms with Gasteiger partial charge in [-0.25, -0.2) is 0 Å². The Balaban J connectivity index is 1.83. The predicted octanol–water partition coefficient (Wildman–Crippen LogP) is -0.186. The maximum atomic E-state index is 12.1. The zero-order valence-corrected chi connectivity index (χ0v) is 13.2. The summed E-state index contributed by atoms with van der Waals surface area (Å²) in [7, 11) is 3.93. The van der Waals surface area contributed by atoms with Crippen LogP contribution in [-0.4, -0.2) is 57.0 Å². The van der Waals surface area contributed by atoms with Crippen molar-refractivity contribution in [2.24, 2.45) is 5.92 Å². The fourth-order valence-corrected chi connectivity index (χ4v) is 2.13. The van der Waals surface area contributed by atoms with Crippen LogP contribution in [0.15, 0.2) is 24.3 Å². The lowest BCUT2D eigenvalue weighted by Gasteiger charge is -2.25. The molecule has 120 valence electrons. The quantitative estimate of drug-likeness (QED) is 0.653. The van der Waals surface area contributed by atoms with Gasteiger partial charge in [-0.05, 0) is 31.8 Å². The molecule has 1 aliphatic heterocycles. The van der Waals surface area contributed by atoms with E-state index in [1.807, 2.05) is 37.2 Å². The first-order valence-corrected chi connectivity index (χ1v) is 7.56. The van der Waals surface area contributed by atoms with Crippen molar-refractivity contribution in [1.29, 1.82) is 0 Å². The van der Waals surface area contributed by atoms with Gasteiger partial charge in [-0.3, -0.25) is 9.59 Å². The molecule has 1 heterocycles. The summed E-state index contributed by atoms with van der Waals surface area (Å²) in [5, 5.41) is 8.87. The van der Waals surface area contributed by atoms with E-state index in [0.717, 1.165) is 25.2 Å². The average molecular weight is 304 g/mol. The first kappa shape index (κ1) is 16.5. The Kier molecular flexibility index (Phi) is 5.91. The Morgan fingerprint density at radius 3 is 2.68 bits per heavy atom. The monoisotopic (exact) mass is 304 g/mol. The zero-order chi connectivity index (χ0) is 15.9. The normalized spacial score (nSPS) is 14.5. The number of benzene rings is 1. The Hall–Kier alpha value is -1.92. The molecule has 0 spiro atoms. The van der Waals surface area contributed by atoms with Crippen molar-refractivity contribution in [3.63, 3.8) is 0 Å². The maximum Gasteiger partial charge on any atom is 0.251 e. The second-order valence-corrected chi connectivity index (χ2v) is 5.83. The fourth-order valence-electron chi connectivity index (χ4n) is 2.13. The molecular formula is C16H24N4O2. The molecule has 0 atom stereocenters. The van der Waals surface area contributed by atoms with Gasteiger partial charge in [0.15, 0.2) is 0 Å². The van der Waals surface area contributed by atoms with Crippen molar-refractivity contribution >= 4 is 11.8 Å². The van der Waals surface area contributed by atoms with Gasteiger partial charge >= 0.3 is 0 Å². The number of carbonyl (C=O) groups is 2. The molecule has 6 nitrogen and oxygen atoms in total. The second kappa shape index (κ2) is 7.91. The van der Waals surface area contributed by atoms with Crippen LogP contribution in [0.3, 0.4) is 0 Å². The summed E-state index contributed by atoms with van der Waals surface area (Å²) in [5.74, 6) is 0.0651. The van der Waals surface area contributed by atoms with E-state index in [2.05, 4.69) is 16.0 Å². The topological polar surface area (TPSA) is 73.5 Å². The van der Waals surface area contributed by atoms with Crippen LogP contribution in [0.5, 0.6) is 0 Å². The first-order valence-electron chi connectivity index (χ1n) is 7.56. The minimum Gasteiger partial charge on any atom is -0.352 e. The molecule has 1 fully saturated rings. The van der Waals surface area contributed by atoms with E-state index in [1.165, 1.54) is 0 Å². The number of amides is 2. The Bertz CT molecular complexity index is 527. The van der Waals surface area contributed by atoms with E-state index in [-0.39, 0.29) is 17.7 Å². The Morgan fingerprint density at radius 2 is 2.05 bits per heavy atom. The first-order chi connectivity index (χ1) is 10.6. The standard InChI is InChI=1S/C16H24N4O2/c1-20(2)7-6-18-15(21)13-5-3-4-12(8-13)9-19-16(22)14-10-17-11-14/h3-5,8,14,17H,6-7,9-11H2,1-2H3,(H,18,21)(H,19,22). The summed E-state index contributed by atoms with van der Waals surface area (Å²) in [6.45, 7) is 3.37. The highest BCUT2D eigenvalue weighted by Crippen LogP contribution is 2.07. The van der Waals surface area contributed by atoms with Gasteiger partial charge in [0.25, 0.3) is 5.91 Å². The SMILES string of the molecule is CN(C)CCNC(=O)c1cccc(CNC(=O)C2CNC2)c1. The lowest BCUT2D eigenvalue weighted by Crippen LogP contribution is -2.50. The molecule has 0 radical (unpaired) electrons. The van der Waals surface area contributed by atoms with Crippen LogP contribution in [0, 0.1) is 5.92 Å². The molecule has 2 amide bonds. The van der Waals surface area contributed by atoms with Crippen molar-refractivity contribution in [2.75, 3.05) is 40.3 Å². The van der Waals surface area contributed by atoms with E-state index < -0.39 is 0 Å². The molecular weight excluding hydrogens is 280 g/mol. The largest absolute Gasteiger partial charge is 0.352 e. The van der Waals surface area contributed by atoms with Crippen LogP contribution in [0.25, 0.3) is 0 Å². The minimum absolute atomic E-state index is 0.0691. The highest BCUT2D eigenvalue weighted by atomic mass is 16.2. The van der Waals surface area contributed by atoms with E-state index in [4.69, 9.17) is 0 Å². The highest BCUT2D eigenvalue weighted by molar-refractivity contribution is 5.94. The predicted molar refractivity (Wildman–Crippen MR) is 85.5 cm³/mol. The van der Waals surface area contributed by atoms with Crippen LogP contribution in [0.4, 0.5) is 0 Å². The molecule has 3 N–H and O–H groups in total. The molecule has 22 heavy (non-hydrogen) atoms. The van der Waals surface area contributed by atoms with Gasteiger partial charge in [-0.2, -0.15) is 0 Å². The third-order valence-electron chi connectivity index (χ3n) is 3.65. The molecule has 1 aromatic rings. The van der Waals surface area contributed by atoms with Crippen LogP contribution in [0.1, 0.15) is 15.9 Å². The van der Waals surface area contributed by atoms with E-state index >= 15 is 0 Å². The molecule has 0 aromatic heterocycles. The van der Waals surface area contributed by atoms with E-state index in [9.17, 15) is 9.59 Å². The summed E-state index contributed by atoms with van der Waals surface area (Å²) >= 11 is 0. The maximum absolute atomic E-state index is 12.1. The number of rotatable bonds is 7. The lowest BCUT2D eigenvalue weighted by molar-refractivity contribution is -0.126. The molecule has 1 saturated heterocycles. The average Bonchev–Trinajstić information content (AvgIpc) is 2.43. The molecule has 2 rings (SSSR count). The zero-order valence-electron chi connectivity index (χ0n) is 13.2. The number of carbonyl (C=O) groups excluding carboxylic acids is 2. The molecule has 1 aliphatic rings. The van der Waals surface area contributed by atoms with Gasteiger partial charge in [0.2, 0.25) is 5.91 Å². The molecule has 0 saturated carbocycles. The van der Waals surface area contributed by atoms with Gasteiger partial charge in [-0.15, -0.1) is 0 Å². The number of hydrogen-bond donors (Lipinski definition) is 3. The Morgan fingerprint density at radius 1 is 1.27 bits per heavy atom. The summed E-state index contributed by atoms with van der Waals surface area (Å²) in [5.41, 5.74) is 1.55. The number of nitrogens with one attached hydrogen (secondary N) is 3. The van der Waals surface area contributed by atoms with Gasteiger partial charge in [0.1, 0.15) is 0 Å². The number of nitrogens with zero attached hydrogens (tertiary/aromatic N) is 1. The summed E-state index contributed by atoms with van der Waals surface area (Å²) in [6, 6.07) is 7.36. The summed E-state index contributed by atoms with van der Waals surface area (Å²) in [4.78, 5) is 25.9. The van der Waals surface area contributed by atoms with Crippen molar-refractivity contribution < 1.29 is 9.59 Å². The third kappa shape index (κ3) is 4.82. The van der Waals surface area contributed by atoms with Crippen molar-refractivity contribution in [2.45, 2.75) is 6.54 Å². The summed E-state index contributed by atoms with van der Waals surface area (Å²) < 4.78 is 0. The smallest absolute Gasteiger partial charge is 0.251 e. The minimum atomic E-state index is -0.0850. The molecule has 1 aromatic carbocycles. The highest BCUT2D eigenvalue weighted by Gasteiger charge is 2.24. The number of likely N-dealkylation sites (N-methyl/N-ethyl adjacent to an activating group) is 1. The van der Waals surface area contributed by atoms with Gasteiger partial charge < -0.3 is 20.9 Å². The third-order valence-corrected chi connectivity index (χ3v) is 3.65. The molecule has 0 aliphatic carbocycles. The second-order valence-electron chi connectivity index (χ2n) is 5.83. The van der Waals surface area contributed by atoms with Gasteiger partial charge in [-0.1, -0.05) is 12.1 Å². The fraction of sp³-hybridized carbons (Fsp3) is 0.500. The van der Waals surface area contributed by atoms with Crippen LogP contribution < -0.4 is 16.0 Å². The molecule has 0 bridgehead atoms. The van der Waals surface area contributed by atoms with Crippen molar-refractivity contribution in [3.8, 4) is 0 Å². The van der Waals surface area contributed by atoms with E-state index in [0.29, 0.717) is 18.7 Å². The van der Waals surface area contributed by atoms with Gasteiger partial charge in [0, 0.05) is 38.3 Å². The molecule has 6 heteroatoms.